The second-order valence-electron chi connectivity index (χ2n) is 5.23. The quantitative estimate of drug-likeness (QED) is 0.775. The van der Waals surface area contributed by atoms with Gasteiger partial charge in [-0.25, -0.2) is 0 Å². The third-order valence-corrected chi connectivity index (χ3v) is 4.72. The Morgan fingerprint density at radius 1 is 1.00 bits per heavy atom. The van der Waals surface area contributed by atoms with E-state index in [2.05, 4.69) is 15.9 Å². The molecule has 0 fully saturated rings. The lowest BCUT2D eigenvalue weighted by Crippen LogP contribution is -2.11. The maximum Gasteiger partial charge on any atom is 0.203 e. The first-order valence-corrected chi connectivity index (χ1v) is 7.98. The van der Waals surface area contributed by atoms with E-state index in [1.54, 1.807) is 13.0 Å². The Morgan fingerprint density at radius 3 is 2.17 bits per heavy atom. The fourth-order valence-electron chi connectivity index (χ4n) is 2.66. The molecule has 0 radical (unpaired) electrons. The van der Waals surface area contributed by atoms with E-state index in [1.165, 1.54) is 27.4 Å². The Labute approximate surface area is 149 Å². The van der Waals surface area contributed by atoms with E-state index in [0.717, 1.165) is 10.0 Å². The molecule has 0 aliphatic heterocycles. The molecule has 0 bridgehead atoms. The smallest absolute Gasteiger partial charge is 0.203 e. The normalized spacial score (nSPS) is 10.4. The number of ketones is 1. The molecule has 0 spiro atoms. The van der Waals surface area contributed by atoms with Crippen LogP contribution in [0.15, 0.2) is 22.7 Å². The van der Waals surface area contributed by atoms with Crippen molar-refractivity contribution < 1.29 is 24.1 Å². The molecule has 0 heterocycles. The van der Waals surface area contributed by atoms with Crippen molar-refractivity contribution in [1.29, 1.82) is 0 Å². The molecule has 0 amide bonds. The average Bonchev–Trinajstić information content (AvgIpc) is 2.55. The summed E-state index contributed by atoms with van der Waals surface area (Å²) in [6, 6.07) is 5.03. The van der Waals surface area contributed by atoms with Crippen LogP contribution in [-0.2, 0) is 0 Å². The summed E-state index contributed by atoms with van der Waals surface area (Å²) >= 11 is 3.44. The fourth-order valence-corrected chi connectivity index (χ4v) is 3.00. The third-order valence-electron chi connectivity index (χ3n) is 3.86. The van der Waals surface area contributed by atoms with Gasteiger partial charge in [-0.15, -0.1) is 0 Å². The summed E-state index contributed by atoms with van der Waals surface area (Å²) in [5.74, 6) is 0.438. The number of phenolic OH excluding ortho intramolecular Hbond substituents is 1. The Morgan fingerprint density at radius 2 is 1.62 bits per heavy atom. The molecule has 24 heavy (non-hydrogen) atoms. The maximum atomic E-state index is 13.3. The number of rotatable bonds is 5. The van der Waals surface area contributed by atoms with Crippen molar-refractivity contribution in [3.63, 3.8) is 0 Å². The van der Waals surface area contributed by atoms with Crippen LogP contribution >= 0.6 is 15.9 Å². The van der Waals surface area contributed by atoms with E-state index >= 15 is 0 Å². The van der Waals surface area contributed by atoms with Gasteiger partial charge in [0.1, 0.15) is 5.75 Å². The molecule has 2 rings (SSSR count). The monoisotopic (exact) mass is 394 g/mol. The lowest BCUT2D eigenvalue weighted by Gasteiger charge is -2.18. The summed E-state index contributed by atoms with van der Waals surface area (Å²) in [6.45, 7) is 3.56. The molecule has 0 aliphatic carbocycles. The Bertz CT molecular complexity index is 799. The van der Waals surface area contributed by atoms with Crippen LogP contribution < -0.4 is 14.2 Å². The number of ether oxygens (including phenoxy) is 3. The molecular weight excluding hydrogens is 376 g/mol. The number of hydrogen-bond donors (Lipinski definition) is 1. The molecule has 0 saturated carbocycles. The van der Waals surface area contributed by atoms with Crippen molar-refractivity contribution >= 4 is 21.7 Å². The van der Waals surface area contributed by atoms with Crippen molar-refractivity contribution in [3.8, 4) is 23.0 Å². The van der Waals surface area contributed by atoms with Crippen molar-refractivity contribution in [2.45, 2.75) is 13.8 Å². The minimum atomic E-state index is -0.265. The highest BCUT2D eigenvalue weighted by molar-refractivity contribution is 9.10. The molecule has 5 nitrogen and oxygen atoms in total. The van der Waals surface area contributed by atoms with Crippen LogP contribution in [0.2, 0.25) is 0 Å². The number of hydrogen-bond acceptors (Lipinski definition) is 5. The maximum absolute atomic E-state index is 13.3. The molecule has 0 saturated heterocycles. The number of phenols is 1. The standard InChI is InChI=1S/C18H19BrO5/c1-9-8-12(20)17(23-4)18(24-5)14(9)16(21)15-10(2)11(19)6-7-13(15)22-3/h6-8,20H,1-5H3. The highest BCUT2D eigenvalue weighted by atomic mass is 79.9. The molecule has 2 aromatic carbocycles. The molecule has 2 aromatic rings. The number of aromatic hydroxyl groups is 1. The van der Waals surface area contributed by atoms with Gasteiger partial charge in [-0.3, -0.25) is 4.79 Å². The Kier molecular flexibility index (Phi) is 5.39. The summed E-state index contributed by atoms with van der Waals surface area (Å²) < 4.78 is 16.7. The first kappa shape index (κ1) is 18.1. The van der Waals surface area contributed by atoms with Gasteiger partial charge < -0.3 is 19.3 Å². The van der Waals surface area contributed by atoms with E-state index in [-0.39, 0.29) is 23.0 Å². The van der Waals surface area contributed by atoms with Crippen LogP contribution in [-0.4, -0.2) is 32.2 Å². The van der Waals surface area contributed by atoms with Gasteiger partial charge in [0.15, 0.2) is 11.5 Å². The van der Waals surface area contributed by atoms with E-state index < -0.39 is 0 Å². The summed E-state index contributed by atoms with van der Waals surface area (Å²) in [6.07, 6.45) is 0. The van der Waals surface area contributed by atoms with Crippen molar-refractivity contribution in [1.82, 2.24) is 0 Å². The third kappa shape index (κ3) is 2.94. The van der Waals surface area contributed by atoms with Crippen LogP contribution in [0.1, 0.15) is 27.0 Å². The summed E-state index contributed by atoms with van der Waals surface area (Å²) in [5.41, 5.74) is 2.09. The number of halogens is 1. The Hall–Kier alpha value is -2.21. The molecule has 6 heteroatoms. The average molecular weight is 395 g/mol. The van der Waals surface area contributed by atoms with Gasteiger partial charge in [0, 0.05) is 4.47 Å². The van der Waals surface area contributed by atoms with Gasteiger partial charge in [0.25, 0.3) is 0 Å². The number of carbonyl (C=O) groups excluding carboxylic acids is 1. The van der Waals surface area contributed by atoms with E-state index in [9.17, 15) is 9.90 Å². The zero-order valence-electron chi connectivity index (χ0n) is 14.2. The molecule has 128 valence electrons. The molecule has 1 N–H and O–H groups in total. The molecular formula is C18H19BrO5. The van der Waals surface area contributed by atoms with Crippen LogP contribution in [0.25, 0.3) is 0 Å². The second-order valence-corrected chi connectivity index (χ2v) is 6.09. The van der Waals surface area contributed by atoms with Crippen LogP contribution in [0.4, 0.5) is 0 Å². The van der Waals surface area contributed by atoms with Gasteiger partial charge in [-0.05, 0) is 43.2 Å². The first-order chi connectivity index (χ1) is 11.4. The lowest BCUT2D eigenvalue weighted by molar-refractivity contribution is 0.103. The number of methoxy groups -OCH3 is 3. The van der Waals surface area contributed by atoms with Crippen LogP contribution in [0.3, 0.4) is 0 Å². The second kappa shape index (κ2) is 7.13. The minimum absolute atomic E-state index is 0.0821. The van der Waals surface area contributed by atoms with Crippen LogP contribution in [0, 0.1) is 13.8 Å². The Balaban J connectivity index is 2.79. The van der Waals surface area contributed by atoms with Crippen molar-refractivity contribution in [2.24, 2.45) is 0 Å². The predicted molar refractivity (Wildman–Crippen MR) is 94.8 cm³/mol. The zero-order valence-corrected chi connectivity index (χ0v) is 15.8. The SMILES string of the molecule is COc1ccc(Br)c(C)c1C(=O)c1c(C)cc(O)c(OC)c1OC. The topological polar surface area (TPSA) is 65.0 Å². The van der Waals surface area contributed by atoms with Crippen molar-refractivity contribution in [3.05, 3.63) is 44.9 Å². The van der Waals surface area contributed by atoms with Crippen LogP contribution in [0.5, 0.6) is 23.0 Å². The summed E-state index contributed by atoms with van der Waals surface area (Å²) in [7, 11) is 4.35. The van der Waals surface area contributed by atoms with E-state index in [1.807, 2.05) is 13.0 Å². The van der Waals surface area contributed by atoms with E-state index in [0.29, 0.717) is 22.4 Å². The highest BCUT2D eigenvalue weighted by Gasteiger charge is 2.27. The predicted octanol–water partition coefficient (Wildman–Crippen LogP) is 4.03. The van der Waals surface area contributed by atoms with Gasteiger partial charge in [0.2, 0.25) is 11.5 Å². The lowest BCUT2D eigenvalue weighted by atomic mass is 9.93. The zero-order chi connectivity index (χ0) is 18.0. The highest BCUT2D eigenvalue weighted by Crippen LogP contribution is 2.43. The number of benzene rings is 2. The summed E-state index contributed by atoms with van der Waals surface area (Å²) in [4.78, 5) is 13.3. The van der Waals surface area contributed by atoms with Gasteiger partial charge in [0.05, 0.1) is 32.5 Å². The first-order valence-electron chi connectivity index (χ1n) is 7.19. The van der Waals surface area contributed by atoms with Crippen molar-refractivity contribution in [2.75, 3.05) is 21.3 Å². The molecule has 0 atom stereocenters. The largest absolute Gasteiger partial charge is 0.504 e. The number of aryl methyl sites for hydroxylation is 1. The fraction of sp³-hybridized carbons (Fsp3) is 0.278. The van der Waals surface area contributed by atoms with E-state index in [4.69, 9.17) is 14.2 Å². The molecule has 0 aliphatic rings. The molecule has 0 unspecified atom stereocenters. The minimum Gasteiger partial charge on any atom is -0.504 e. The summed E-state index contributed by atoms with van der Waals surface area (Å²) in [5, 5.41) is 10.0. The number of carbonyl (C=O) groups is 1. The van der Waals surface area contributed by atoms with Gasteiger partial charge >= 0.3 is 0 Å². The van der Waals surface area contributed by atoms with Gasteiger partial charge in [-0.2, -0.15) is 0 Å². The molecule has 0 aromatic heterocycles. The van der Waals surface area contributed by atoms with Gasteiger partial charge in [-0.1, -0.05) is 15.9 Å².